The Bertz CT molecular complexity index is 302. The summed E-state index contributed by atoms with van der Waals surface area (Å²) in [5, 5.41) is 0. The van der Waals surface area contributed by atoms with Gasteiger partial charge in [0.05, 0.1) is 12.3 Å². The maximum atomic E-state index is 5.54. The van der Waals surface area contributed by atoms with Gasteiger partial charge in [-0.2, -0.15) is 0 Å². The van der Waals surface area contributed by atoms with Crippen molar-refractivity contribution in [3.8, 4) is 0 Å². The average Bonchev–Trinajstić information content (AvgIpc) is 2.28. The van der Waals surface area contributed by atoms with Crippen molar-refractivity contribution in [3.63, 3.8) is 0 Å². The highest BCUT2D eigenvalue weighted by atomic mass is 16.5. The molecule has 0 aliphatic heterocycles. The van der Waals surface area contributed by atoms with Crippen LogP contribution in [0.25, 0.3) is 0 Å². The van der Waals surface area contributed by atoms with Gasteiger partial charge >= 0.3 is 0 Å². The van der Waals surface area contributed by atoms with Crippen LogP contribution in [0.3, 0.4) is 0 Å². The predicted octanol–water partition coefficient (Wildman–Crippen LogP) is 2.32. The Kier molecular flexibility index (Phi) is 5.82. The van der Waals surface area contributed by atoms with E-state index in [1.165, 1.54) is 6.42 Å². The molecule has 90 valence electrons. The summed E-state index contributed by atoms with van der Waals surface area (Å²) in [5.74, 6) is 6.69. The highest BCUT2D eigenvalue weighted by Crippen LogP contribution is 2.06. The van der Waals surface area contributed by atoms with Gasteiger partial charge in [0.2, 0.25) is 0 Å². The quantitative estimate of drug-likeness (QED) is 0.423. The van der Waals surface area contributed by atoms with Crippen LogP contribution in [-0.4, -0.2) is 11.6 Å². The fourth-order valence-electron chi connectivity index (χ4n) is 1.41. The molecule has 0 fully saturated rings. The molecule has 0 aliphatic rings. The SMILES string of the molecule is CC(C)CCCOCc1cccc(NN)n1. The van der Waals surface area contributed by atoms with Gasteiger partial charge in [0, 0.05) is 6.61 Å². The molecule has 0 amide bonds. The smallest absolute Gasteiger partial charge is 0.140 e. The number of nitrogen functional groups attached to an aromatic ring is 1. The van der Waals surface area contributed by atoms with Gasteiger partial charge in [-0.3, -0.25) is 0 Å². The van der Waals surface area contributed by atoms with Gasteiger partial charge in [-0.1, -0.05) is 19.9 Å². The molecule has 16 heavy (non-hydrogen) atoms. The summed E-state index contributed by atoms with van der Waals surface area (Å²) >= 11 is 0. The summed E-state index contributed by atoms with van der Waals surface area (Å²) < 4.78 is 5.54. The molecule has 4 heteroatoms. The third-order valence-electron chi connectivity index (χ3n) is 2.27. The van der Waals surface area contributed by atoms with Crippen molar-refractivity contribution in [2.24, 2.45) is 11.8 Å². The second kappa shape index (κ2) is 7.19. The molecule has 0 aromatic carbocycles. The topological polar surface area (TPSA) is 60.2 Å². The van der Waals surface area contributed by atoms with Gasteiger partial charge in [-0.15, -0.1) is 0 Å². The number of aromatic nitrogens is 1. The number of nitrogens with zero attached hydrogens (tertiary/aromatic N) is 1. The summed E-state index contributed by atoms with van der Waals surface area (Å²) in [5.41, 5.74) is 3.42. The van der Waals surface area contributed by atoms with Gasteiger partial charge in [0.25, 0.3) is 0 Å². The van der Waals surface area contributed by atoms with Crippen molar-refractivity contribution in [1.82, 2.24) is 4.98 Å². The second-order valence-corrected chi connectivity index (χ2v) is 4.25. The number of anilines is 1. The second-order valence-electron chi connectivity index (χ2n) is 4.25. The largest absolute Gasteiger partial charge is 0.375 e. The lowest BCUT2D eigenvalue weighted by Gasteiger charge is -2.06. The van der Waals surface area contributed by atoms with E-state index in [-0.39, 0.29) is 0 Å². The minimum absolute atomic E-state index is 0.549. The van der Waals surface area contributed by atoms with Crippen molar-refractivity contribution in [2.45, 2.75) is 33.3 Å². The molecular weight excluding hydrogens is 202 g/mol. The maximum Gasteiger partial charge on any atom is 0.140 e. The van der Waals surface area contributed by atoms with Crippen molar-refractivity contribution < 1.29 is 4.74 Å². The van der Waals surface area contributed by atoms with Crippen LogP contribution in [0, 0.1) is 5.92 Å². The lowest BCUT2D eigenvalue weighted by atomic mass is 10.1. The molecule has 0 radical (unpaired) electrons. The molecule has 4 nitrogen and oxygen atoms in total. The van der Waals surface area contributed by atoms with E-state index >= 15 is 0 Å². The summed E-state index contributed by atoms with van der Waals surface area (Å²) in [4.78, 5) is 4.26. The fraction of sp³-hybridized carbons (Fsp3) is 0.583. The summed E-state index contributed by atoms with van der Waals surface area (Å²) in [6.45, 7) is 5.78. The first kappa shape index (κ1) is 12.9. The van der Waals surface area contributed by atoms with Crippen LogP contribution in [0.4, 0.5) is 5.82 Å². The Balaban J connectivity index is 2.21. The van der Waals surface area contributed by atoms with Gasteiger partial charge in [-0.25, -0.2) is 10.8 Å². The lowest BCUT2D eigenvalue weighted by molar-refractivity contribution is 0.112. The molecule has 1 heterocycles. The number of hydrogen-bond donors (Lipinski definition) is 2. The van der Waals surface area contributed by atoms with Crippen LogP contribution in [0.15, 0.2) is 18.2 Å². The van der Waals surface area contributed by atoms with E-state index < -0.39 is 0 Å². The van der Waals surface area contributed by atoms with E-state index in [0.29, 0.717) is 12.4 Å². The van der Waals surface area contributed by atoms with Crippen LogP contribution in [-0.2, 0) is 11.3 Å². The number of nitrogens with one attached hydrogen (secondary N) is 1. The summed E-state index contributed by atoms with van der Waals surface area (Å²) in [6.07, 6.45) is 2.31. The van der Waals surface area contributed by atoms with E-state index in [2.05, 4.69) is 24.3 Å². The normalized spacial score (nSPS) is 10.8. The van der Waals surface area contributed by atoms with E-state index in [0.717, 1.165) is 24.6 Å². The average molecular weight is 223 g/mol. The zero-order valence-electron chi connectivity index (χ0n) is 10.1. The van der Waals surface area contributed by atoms with Crippen molar-refractivity contribution in [1.29, 1.82) is 0 Å². The van der Waals surface area contributed by atoms with E-state index in [4.69, 9.17) is 10.6 Å². The summed E-state index contributed by atoms with van der Waals surface area (Å²) in [6, 6.07) is 5.67. The van der Waals surface area contributed by atoms with Gasteiger partial charge < -0.3 is 10.2 Å². The molecule has 0 atom stereocenters. The highest BCUT2D eigenvalue weighted by molar-refractivity contribution is 5.33. The zero-order valence-corrected chi connectivity index (χ0v) is 10.1. The van der Waals surface area contributed by atoms with Crippen molar-refractivity contribution in [2.75, 3.05) is 12.0 Å². The number of nitrogens with two attached hydrogens (primary N) is 1. The number of hydrogen-bond acceptors (Lipinski definition) is 4. The molecule has 1 aromatic heterocycles. The highest BCUT2D eigenvalue weighted by Gasteiger charge is 1.98. The Morgan fingerprint density at radius 3 is 2.94 bits per heavy atom. The van der Waals surface area contributed by atoms with Crippen molar-refractivity contribution >= 4 is 5.82 Å². The number of rotatable bonds is 7. The first-order valence-corrected chi connectivity index (χ1v) is 5.72. The Morgan fingerprint density at radius 1 is 1.44 bits per heavy atom. The first-order valence-electron chi connectivity index (χ1n) is 5.72. The Labute approximate surface area is 97.2 Å². The Hall–Kier alpha value is -1.13. The molecule has 0 saturated carbocycles. The van der Waals surface area contributed by atoms with Crippen LogP contribution >= 0.6 is 0 Å². The predicted molar refractivity (Wildman–Crippen MR) is 65.8 cm³/mol. The monoisotopic (exact) mass is 223 g/mol. The van der Waals surface area contributed by atoms with Gasteiger partial charge in [0.1, 0.15) is 5.82 Å². The minimum atomic E-state index is 0.549. The first-order chi connectivity index (χ1) is 7.72. The van der Waals surface area contributed by atoms with E-state index in [1.807, 2.05) is 18.2 Å². The molecule has 0 aliphatic carbocycles. The van der Waals surface area contributed by atoms with E-state index in [1.54, 1.807) is 0 Å². The lowest BCUT2D eigenvalue weighted by Crippen LogP contribution is -2.09. The van der Waals surface area contributed by atoms with E-state index in [9.17, 15) is 0 Å². The molecule has 1 aromatic rings. The minimum Gasteiger partial charge on any atom is -0.375 e. The molecular formula is C12H21N3O. The van der Waals surface area contributed by atoms with Crippen LogP contribution < -0.4 is 11.3 Å². The van der Waals surface area contributed by atoms with Gasteiger partial charge in [0.15, 0.2) is 0 Å². The molecule has 0 bridgehead atoms. The molecule has 1 rings (SSSR count). The zero-order chi connectivity index (χ0) is 11.8. The molecule has 0 spiro atoms. The van der Waals surface area contributed by atoms with Crippen LogP contribution in [0.2, 0.25) is 0 Å². The molecule has 0 unspecified atom stereocenters. The van der Waals surface area contributed by atoms with Crippen LogP contribution in [0.1, 0.15) is 32.4 Å². The maximum absolute atomic E-state index is 5.54. The number of hydrazine groups is 1. The summed E-state index contributed by atoms with van der Waals surface area (Å²) in [7, 11) is 0. The fourth-order valence-corrected chi connectivity index (χ4v) is 1.41. The van der Waals surface area contributed by atoms with Gasteiger partial charge in [-0.05, 0) is 30.9 Å². The number of pyridine rings is 1. The standard InChI is InChI=1S/C12H21N3O/c1-10(2)5-4-8-16-9-11-6-3-7-12(14-11)15-13/h3,6-7,10H,4-5,8-9,13H2,1-2H3,(H,14,15). The molecule has 0 saturated heterocycles. The molecule has 3 N–H and O–H groups in total. The third-order valence-corrected chi connectivity index (χ3v) is 2.27. The Morgan fingerprint density at radius 2 is 2.25 bits per heavy atom. The van der Waals surface area contributed by atoms with Crippen molar-refractivity contribution in [3.05, 3.63) is 23.9 Å². The number of ether oxygens (including phenoxy) is 1. The third kappa shape index (κ3) is 5.09. The van der Waals surface area contributed by atoms with Crippen LogP contribution in [0.5, 0.6) is 0 Å².